The zero-order valence-corrected chi connectivity index (χ0v) is 20.4. The highest BCUT2D eigenvalue weighted by Crippen LogP contribution is 2.53. The van der Waals surface area contributed by atoms with Crippen LogP contribution < -0.4 is 9.64 Å². The molecule has 0 fully saturated rings. The number of amides is 1. The van der Waals surface area contributed by atoms with Crippen LogP contribution in [0.2, 0.25) is 0 Å². The molecule has 2 N–H and O–H groups in total. The lowest BCUT2D eigenvalue weighted by molar-refractivity contribution is -0.376. The number of benzene rings is 4. The third-order valence-electron chi connectivity index (χ3n) is 6.18. The molecule has 0 saturated heterocycles. The van der Waals surface area contributed by atoms with Crippen LogP contribution in [-0.4, -0.2) is 35.1 Å². The van der Waals surface area contributed by atoms with Crippen molar-refractivity contribution in [2.75, 3.05) is 11.5 Å². The molecule has 1 aliphatic heterocycles. The summed E-state index contributed by atoms with van der Waals surface area (Å²) in [5.41, 5.74) is -5.71. The van der Waals surface area contributed by atoms with E-state index in [4.69, 9.17) is 4.74 Å². The number of halogens is 6. The predicted molar refractivity (Wildman–Crippen MR) is 131 cm³/mol. The number of aromatic hydroxyl groups is 1. The van der Waals surface area contributed by atoms with Crippen LogP contribution in [0, 0.1) is 0 Å². The van der Waals surface area contributed by atoms with Gasteiger partial charge in [-0.05, 0) is 59.3 Å². The van der Waals surface area contributed by atoms with Crippen LogP contribution in [0.25, 0.3) is 10.8 Å². The molecule has 0 unspecified atom stereocenters. The van der Waals surface area contributed by atoms with Gasteiger partial charge in [0.2, 0.25) is 0 Å². The van der Waals surface area contributed by atoms with E-state index in [1.165, 1.54) is 28.8 Å². The predicted octanol–water partition coefficient (Wildman–Crippen LogP) is 7.07. The Hall–Kier alpha value is -3.90. The number of phenols is 1. The van der Waals surface area contributed by atoms with Gasteiger partial charge in [0.15, 0.2) is 6.61 Å². The van der Waals surface area contributed by atoms with Crippen molar-refractivity contribution in [1.82, 2.24) is 0 Å². The maximum Gasteiger partial charge on any atom is 0.430 e. The van der Waals surface area contributed by atoms with Crippen molar-refractivity contribution in [3.8, 4) is 11.5 Å². The minimum absolute atomic E-state index is 0.0259. The SMILES string of the molecule is O=C(COc1ccc2cc(C(O)(C(F)(F)F)C(F)(F)F)c(O)cc2c1)N1c2ccccc2Sc2ccccc21. The Kier molecular flexibility index (Phi) is 6.42. The summed E-state index contributed by atoms with van der Waals surface area (Å²) in [4.78, 5) is 16.5. The van der Waals surface area contributed by atoms with Gasteiger partial charge in [-0.1, -0.05) is 42.1 Å². The molecule has 12 heteroatoms. The van der Waals surface area contributed by atoms with Gasteiger partial charge in [-0.25, -0.2) is 0 Å². The molecular formula is C27H17F6NO4S. The molecule has 0 radical (unpaired) electrons. The lowest BCUT2D eigenvalue weighted by Crippen LogP contribution is -2.53. The van der Waals surface area contributed by atoms with Crippen molar-refractivity contribution >= 4 is 39.8 Å². The van der Waals surface area contributed by atoms with Crippen molar-refractivity contribution < 1.29 is 46.1 Å². The smallest absolute Gasteiger partial charge is 0.430 e. The Morgan fingerprint density at radius 3 is 1.92 bits per heavy atom. The van der Waals surface area contributed by atoms with E-state index in [9.17, 15) is 41.4 Å². The molecule has 5 rings (SSSR count). The van der Waals surface area contributed by atoms with Gasteiger partial charge < -0.3 is 14.9 Å². The Bertz CT molecular complexity index is 1530. The molecule has 5 nitrogen and oxygen atoms in total. The largest absolute Gasteiger partial charge is 0.508 e. The van der Waals surface area contributed by atoms with Crippen molar-refractivity contribution in [1.29, 1.82) is 0 Å². The van der Waals surface area contributed by atoms with Gasteiger partial charge in [-0.2, -0.15) is 26.3 Å². The summed E-state index contributed by atoms with van der Waals surface area (Å²) in [6.07, 6.45) is -12.3. The van der Waals surface area contributed by atoms with Crippen LogP contribution in [0.1, 0.15) is 5.56 Å². The first kappa shape index (κ1) is 26.7. The van der Waals surface area contributed by atoms with E-state index in [1.54, 1.807) is 24.3 Å². The van der Waals surface area contributed by atoms with E-state index in [0.29, 0.717) is 23.5 Å². The summed E-state index contributed by atoms with van der Waals surface area (Å²) in [5, 5.41) is 19.6. The van der Waals surface area contributed by atoms with E-state index in [0.717, 1.165) is 15.9 Å². The third-order valence-corrected chi connectivity index (χ3v) is 7.31. The number of phenolic OH excluding ortho intramolecular Hbond substituents is 1. The number of para-hydroxylation sites is 2. The number of hydrogen-bond donors (Lipinski definition) is 2. The maximum atomic E-state index is 13.3. The molecule has 0 aromatic heterocycles. The van der Waals surface area contributed by atoms with Crippen LogP contribution >= 0.6 is 11.8 Å². The van der Waals surface area contributed by atoms with Crippen LogP contribution in [0.5, 0.6) is 11.5 Å². The molecule has 202 valence electrons. The van der Waals surface area contributed by atoms with E-state index in [2.05, 4.69) is 0 Å². The fourth-order valence-electron chi connectivity index (χ4n) is 4.29. The molecule has 0 saturated carbocycles. The van der Waals surface area contributed by atoms with Crippen LogP contribution in [0.4, 0.5) is 37.7 Å². The summed E-state index contributed by atoms with van der Waals surface area (Å²) in [7, 11) is 0. The topological polar surface area (TPSA) is 70.0 Å². The summed E-state index contributed by atoms with van der Waals surface area (Å²) < 4.78 is 85.5. The number of hydrogen-bond acceptors (Lipinski definition) is 5. The monoisotopic (exact) mass is 565 g/mol. The Labute approximate surface area is 221 Å². The second kappa shape index (κ2) is 9.38. The van der Waals surface area contributed by atoms with Gasteiger partial charge in [0.1, 0.15) is 11.5 Å². The normalized spacial score (nSPS) is 13.7. The van der Waals surface area contributed by atoms with E-state index in [-0.39, 0.29) is 16.5 Å². The van der Waals surface area contributed by atoms with E-state index in [1.807, 2.05) is 24.3 Å². The van der Waals surface area contributed by atoms with Crippen molar-refractivity contribution in [2.24, 2.45) is 0 Å². The number of rotatable bonds is 4. The summed E-state index contributed by atoms with van der Waals surface area (Å²) in [6.45, 7) is -0.440. The Morgan fingerprint density at radius 2 is 1.36 bits per heavy atom. The quantitative estimate of drug-likeness (QED) is 0.259. The second-order valence-electron chi connectivity index (χ2n) is 8.64. The molecule has 1 amide bonds. The molecule has 0 aliphatic carbocycles. The molecule has 0 bridgehead atoms. The fraction of sp³-hybridized carbons (Fsp3) is 0.148. The number of nitrogens with zero attached hydrogens (tertiary/aromatic N) is 1. The van der Waals surface area contributed by atoms with E-state index < -0.39 is 41.8 Å². The maximum absolute atomic E-state index is 13.3. The molecule has 0 atom stereocenters. The van der Waals surface area contributed by atoms with Crippen LogP contribution in [0.15, 0.2) is 88.7 Å². The molecule has 1 heterocycles. The minimum Gasteiger partial charge on any atom is -0.508 e. The van der Waals surface area contributed by atoms with Gasteiger partial charge in [-0.3, -0.25) is 9.69 Å². The number of carbonyl (C=O) groups is 1. The molecule has 39 heavy (non-hydrogen) atoms. The standard InChI is InChI=1S/C27H17F6NO4S/c28-26(29,30)25(37,27(31,32)33)18-12-15-9-10-17(11-16(15)13-21(18)35)38-14-24(36)34-19-5-1-3-7-22(19)39-23-8-4-2-6-20(23)34/h1-13,35,37H,14H2. The number of alkyl halides is 6. The second-order valence-corrected chi connectivity index (χ2v) is 9.72. The van der Waals surface area contributed by atoms with Crippen molar-refractivity contribution in [3.05, 3.63) is 84.4 Å². The number of anilines is 2. The number of ether oxygens (including phenoxy) is 1. The van der Waals surface area contributed by atoms with Crippen molar-refractivity contribution in [3.63, 3.8) is 0 Å². The molecule has 4 aromatic carbocycles. The average molecular weight is 565 g/mol. The number of fused-ring (bicyclic) bond motifs is 3. The molecular weight excluding hydrogens is 548 g/mol. The van der Waals surface area contributed by atoms with Crippen LogP contribution in [-0.2, 0) is 10.4 Å². The highest BCUT2D eigenvalue weighted by Gasteiger charge is 2.72. The van der Waals surface area contributed by atoms with Gasteiger partial charge in [-0.15, -0.1) is 0 Å². The lowest BCUT2D eigenvalue weighted by Gasteiger charge is -2.33. The summed E-state index contributed by atoms with van der Waals surface area (Å²) >= 11 is 1.51. The number of carbonyl (C=O) groups excluding carboxylic acids is 1. The Morgan fingerprint density at radius 1 is 0.795 bits per heavy atom. The van der Waals surface area contributed by atoms with Crippen LogP contribution in [0.3, 0.4) is 0 Å². The van der Waals surface area contributed by atoms with Gasteiger partial charge in [0.25, 0.3) is 11.5 Å². The minimum atomic E-state index is -6.15. The van der Waals surface area contributed by atoms with Gasteiger partial charge >= 0.3 is 12.4 Å². The average Bonchev–Trinajstić information content (AvgIpc) is 2.88. The van der Waals surface area contributed by atoms with Crippen molar-refractivity contribution in [2.45, 2.75) is 27.7 Å². The highest BCUT2D eigenvalue weighted by molar-refractivity contribution is 7.99. The number of aliphatic hydroxyl groups is 1. The highest BCUT2D eigenvalue weighted by atomic mass is 32.2. The molecule has 1 aliphatic rings. The lowest BCUT2D eigenvalue weighted by atomic mass is 9.89. The summed E-state index contributed by atoms with van der Waals surface area (Å²) in [6, 6.07) is 19.3. The van der Waals surface area contributed by atoms with Gasteiger partial charge in [0, 0.05) is 15.4 Å². The summed E-state index contributed by atoms with van der Waals surface area (Å²) in [5.74, 6) is -1.75. The van der Waals surface area contributed by atoms with E-state index >= 15 is 0 Å². The first-order chi connectivity index (χ1) is 18.3. The third kappa shape index (κ3) is 4.53. The first-order valence-corrected chi connectivity index (χ1v) is 12.1. The fourth-order valence-corrected chi connectivity index (χ4v) is 5.35. The zero-order chi connectivity index (χ0) is 28.2. The zero-order valence-electron chi connectivity index (χ0n) is 19.5. The van der Waals surface area contributed by atoms with Gasteiger partial charge in [0.05, 0.1) is 11.4 Å². The Balaban J connectivity index is 1.43. The molecule has 4 aromatic rings. The molecule has 0 spiro atoms. The first-order valence-electron chi connectivity index (χ1n) is 11.3.